The summed E-state index contributed by atoms with van der Waals surface area (Å²) in [4.78, 5) is 17.2. The Morgan fingerprint density at radius 1 is 1.17 bits per heavy atom. The number of carbonyl (C=O) groups excluding carboxylic acids is 1. The van der Waals surface area contributed by atoms with Gasteiger partial charge in [-0.05, 0) is 43.4 Å². The second-order valence-electron chi connectivity index (χ2n) is 8.28. The van der Waals surface area contributed by atoms with Crippen molar-refractivity contribution in [3.05, 3.63) is 30.3 Å². The van der Waals surface area contributed by atoms with Gasteiger partial charge in [0.05, 0.1) is 0 Å². The van der Waals surface area contributed by atoms with Crippen LogP contribution in [-0.4, -0.2) is 47.5 Å². The Labute approximate surface area is 139 Å². The van der Waals surface area contributed by atoms with Gasteiger partial charge in [0.2, 0.25) is 0 Å². The van der Waals surface area contributed by atoms with E-state index < -0.39 is 0 Å². The molecule has 0 radical (unpaired) electrons. The maximum absolute atomic E-state index is 12.5. The normalized spacial score (nSPS) is 25.3. The van der Waals surface area contributed by atoms with Crippen molar-refractivity contribution in [1.82, 2.24) is 9.80 Å². The molecule has 1 atom stereocenters. The van der Waals surface area contributed by atoms with Crippen LogP contribution in [0, 0.1) is 5.41 Å². The minimum atomic E-state index is 0.0377. The van der Waals surface area contributed by atoms with Crippen LogP contribution >= 0.6 is 0 Å². The third kappa shape index (κ3) is 3.69. The summed E-state index contributed by atoms with van der Waals surface area (Å²) < 4.78 is 0. The Morgan fingerprint density at radius 2 is 1.91 bits per heavy atom. The lowest BCUT2D eigenvalue weighted by Crippen LogP contribution is -2.49. The number of nitrogens with one attached hydrogen (secondary N) is 1. The highest BCUT2D eigenvalue weighted by Crippen LogP contribution is 2.39. The smallest absolute Gasteiger partial charge is 0.321 e. The molecular formula is C19H29N3O. The van der Waals surface area contributed by atoms with E-state index in [0.717, 1.165) is 31.7 Å². The number of para-hydroxylation sites is 1. The molecule has 0 bridgehead atoms. The van der Waals surface area contributed by atoms with Gasteiger partial charge in [-0.25, -0.2) is 4.79 Å². The Kier molecular flexibility index (Phi) is 4.37. The number of urea groups is 1. The van der Waals surface area contributed by atoms with Gasteiger partial charge < -0.3 is 10.2 Å². The SMILES string of the molecule is CC(C)(C)CN1CCCC12CCN(C(=O)Nc1ccccc1)C2. The van der Waals surface area contributed by atoms with Gasteiger partial charge >= 0.3 is 6.03 Å². The first kappa shape index (κ1) is 16.3. The van der Waals surface area contributed by atoms with Gasteiger partial charge in [-0.15, -0.1) is 0 Å². The fourth-order valence-corrected chi connectivity index (χ4v) is 4.03. The van der Waals surface area contributed by atoms with Crippen molar-refractivity contribution in [2.45, 2.75) is 45.6 Å². The van der Waals surface area contributed by atoms with E-state index in [-0.39, 0.29) is 11.6 Å². The molecule has 1 N–H and O–H groups in total. The number of hydrogen-bond acceptors (Lipinski definition) is 2. The molecular weight excluding hydrogens is 286 g/mol. The van der Waals surface area contributed by atoms with Crippen LogP contribution in [0.5, 0.6) is 0 Å². The van der Waals surface area contributed by atoms with Gasteiger partial charge in [-0.3, -0.25) is 4.90 Å². The second kappa shape index (κ2) is 6.16. The van der Waals surface area contributed by atoms with Crippen molar-refractivity contribution in [3.8, 4) is 0 Å². The quantitative estimate of drug-likeness (QED) is 0.901. The summed E-state index contributed by atoms with van der Waals surface area (Å²) >= 11 is 0. The van der Waals surface area contributed by atoms with Gasteiger partial charge in [0, 0.05) is 30.9 Å². The number of amides is 2. The third-order valence-electron chi connectivity index (χ3n) is 5.05. The van der Waals surface area contributed by atoms with Crippen LogP contribution in [0.25, 0.3) is 0 Å². The number of anilines is 1. The highest BCUT2D eigenvalue weighted by Gasteiger charge is 2.47. The van der Waals surface area contributed by atoms with E-state index in [1.54, 1.807) is 0 Å². The molecule has 0 aromatic heterocycles. The molecule has 2 saturated heterocycles. The molecule has 1 unspecified atom stereocenters. The van der Waals surface area contributed by atoms with Crippen LogP contribution in [0.1, 0.15) is 40.0 Å². The molecule has 2 heterocycles. The number of carbonyl (C=O) groups is 1. The minimum absolute atomic E-state index is 0.0377. The summed E-state index contributed by atoms with van der Waals surface area (Å²) in [6.07, 6.45) is 3.58. The predicted octanol–water partition coefficient (Wildman–Crippen LogP) is 3.80. The molecule has 0 aliphatic carbocycles. The van der Waals surface area contributed by atoms with E-state index in [0.29, 0.717) is 5.41 Å². The number of benzene rings is 1. The molecule has 1 aromatic carbocycles. The first-order valence-electron chi connectivity index (χ1n) is 8.74. The van der Waals surface area contributed by atoms with Crippen LogP contribution in [-0.2, 0) is 0 Å². The zero-order valence-electron chi connectivity index (χ0n) is 14.6. The highest BCUT2D eigenvalue weighted by molar-refractivity contribution is 5.89. The van der Waals surface area contributed by atoms with Crippen molar-refractivity contribution in [2.75, 3.05) is 31.5 Å². The molecule has 2 aliphatic rings. The van der Waals surface area contributed by atoms with E-state index in [4.69, 9.17) is 0 Å². The molecule has 4 heteroatoms. The van der Waals surface area contributed by atoms with Crippen molar-refractivity contribution in [1.29, 1.82) is 0 Å². The van der Waals surface area contributed by atoms with Crippen molar-refractivity contribution >= 4 is 11.7 Å². The maximum Gasteiger partial charge on any atom is 0.321 e. The lowest BCUT2D eigenvalue weighted by Gasteiger charge is -2.39. The van der Waals surface area contributed by atoms with E-state index in [9.17, 15) is 4.79 Å². The van der Waals surface area contributed by atoms with Gasteiger partial charge in [0.15, 0.2) is 0 Å². The standard InChI is InChI=1S/C19H29N3O/c1-18(2,3)14-22-12-7-10-19(22)11-13-21(15-19)17(23)20-16-8-5-4-6-9-16/h4-6,8-9H,7,10-15H2,1-3H3,(H,20,23). The van der Waals surface area contributed by atoms with E-state index in [1.165, 1.54) is 19.4 Å². The molecule has 2 fully saturated rings. The summed E-state index contributed by atoms with van der Waals surface area (Å²) in [5.74, 6) is 0. The Balaban J connectivity index is 1.64. The fourth-order valence-electron chi connectivity index (χ4n) is 4.03. The largest absolute Gasteiger partial charge is 0.323 e. The van der Waals surface area contributed by atoms with Gasteiger partial charge in [-0.1, -0.05) is 39.0 Å². The van der Waals surface area contributed by atoms with Crippen LogP contribution in [0.15, 0.2) is 30.3 Å². The number of nitrogens with zero attached hydrogens (tertiary/aromatic N) is 2. The lowest BCUT2D eigenvalue weighted by molar-refractivity contribution is 0.101. The molecule has 2 amide bonds. The van der Waals surface area contributed by atoms with Crippen LogP contribution in [0.2, 0.25) is 0 Å². The summed E-state index contributed by atoms with van der Waals surface area (Å²) in [7, 11) is 0. The number of likely N-dealkylation sites (tertiary alicyclic amines) is 2. The first-order valence-corrected chi connectivity index (χ1v) is 8.74. The van der Waals surface area contributed by atoms with Crippen LogP contribution in [0.3, 0.4) is 0 Å². The summed E-state index contributed by atoms with van der Waals surface area (Å²) in [5, 5.41) is 3.02. The monoisotopic (exact) mass is 315 g/mol. The summed E-state index contributed by atoms with van der Waals surface area (Å²) in [6, 6.07) is 9.77. The van der Waals surface area contributed by atoms with E-state index >= 15 is 0 Å². The Bertz CT molecular complexity index is 551. The van der Waals surface area contributed by atoms with Gasteiger partial charge in [0.25, 0.3) is 0 Å². The number of hydrogen-bond donors (Lipinski definition) is 1. The molecule has 0 saturated carbocycles. The molecule has 4 nitrogen and oxygen atoms in total. The third-order valence-corrected chi connectivity index (χ3v) is 5.05. The first-order chi connectivity index (χ1) is 10.9. The maximum atomic E-state index is 12.5. The summed E-state index contributed by atoms with van der Waals surface area (Å²) in [5.41, 5.74) is 1.38. The van der Waals surface area contributed by atoms with E-state index in [2.05, 4.69) is 31.0 Å². The second-order valence-corrected chi connectivity index (χ2v) is 8.28. The van der Waals surface area contributed by atoms with Gasteiger partial charge in [0.1, 0.15) is 0 Å². The van der Waals surface area contributed by atoms with Crippen LogP contribution in [0.4, 0.5) is 10.5 Å². The van der Waals surface area contributed by atoms with E-state index in [1.807, 2.05) is 35.2 Å². The minimum Gasteiger partial charge on any atom is -0.323 e. The summed E-state index contributed by atoms with van der Waals surface area (Å²) in [6.45, 7) is 10.9. The number of rotatable bonds is 2. The zero-order valence-corrected chi connectivity index (χ0v) is 14.6. The average molecular weight is 315 g/mol. The van der Waals surface area contributed by atoms with Crippen LogP contribution < -0.4 is 5.32 Å². The lowest BCUT2D eigenvalue weighted by atomic mass is 9.90. The van der Waals surface area contributed by atoms with Gasteiger partial charge in [-0.2, -0.15) is 0 Å². The average Bonchev–Trinajstić information content (AvgIpc) is 3.07. The zero-order chi connectivity index (χ0) is 16.5. The fraction of sp³-hybridized carbons (Fsp3) is 0.632. The van der Waals surface area contributed by atoms with Crippen molar-refractivity contribution in [3.63, 3.8) is 0 Å². The van der Waals surface area contributed by atoms with Crippen molar-refractivity contribution < 1.29 is 4.79 Å². The Morgan fingerprint density at radius 3 is 2.61 bits per heavy atom. The molecule has 126 valence electrons. The molecule has 3 rings (SSSR count). The highest BCUT2D eigenvalue weighted by atomic mass is 16.2. The molecule has 1 spiro atoms. The van der Waals surface area contributed by atoms with Crippen molar-refractivity contribution in [2.24, 2.45) is 5.41 Å². The topological polar surface area (TPSA) is 35.6 Å². The molecule has 23 heavy (non-hydrogen) atoms. The molecule has 1 aromatic rings. The Hall–Kier alpha value is -1.55. The predicted molar refractivity (Wildman–Crippen MR) is 94.6 cm³/mol. The molecule has 2 aliphatic heterocycles.